The highest BCUT2D eigenvalue weighted by molar-refractivity contribution is 5.82. The van der Waals surface area contributed by atoms with Crippen molar-refractivity contribution in [2.24, 2.45) is 23.5 Å². The van der Waals surface area contributed by atoms with Crippen molar-refractivity contribution in [3.63, 3.8) is 0 Å². The molecule has 0 radical (unpaired) electrons. The number of rotatable bonds is 1. The molecule has 4 aliphatic rings. The summed E-state index contributed by atoms with van der Waals surface area (Å²) in [4.78, 5) is 28.5. The van der Waals surface area contributed by atoms with Gasteiger partial charge in [-0.2, -0.15) is 0 Å². The Hall–Kier alpha value is -1.10. The van der Waals surface area contributed by atoms with Crippen LogP contribution in [-0.4, -0.2) is 53.3 Å². The average Bonchev–Trinajstić information content (AvgIpc) is 3.13. The predicted octanol–water partition coefficient (Wildman–Crippen LogP) is 0.193. The summed E-state index contributed by atoms with van der Waals surface area (Å²) in [6.07, 6.45) is 5.10. The molecule has 4 rings (SSSR count). The number of fused-ring (bicyclic) bond motifs is 3. The monoisotopic (exact) mass is 277 g/mol. The van der Waals surface area contributed by atoms with E-state index in [4.69, 9.17) is 5.73 Å². The third kappa shape index (κ3) is 1.72. The van der Waals surface area contributed by atoms with Crippen molar-refractivity contribution < 1.29 is 9.59 Å². The van der Waals surface area contributed by atoms with E-state index in [-0.39, 0.29) is 29.8 Å². The Balaban J connectivity index is 1.46. The van der Waals surface area contributed by atoms with Gasteiger partial charge in [0.2, 0.25) is 11.8 Å². The quantitative estimate of drug-likeness (QED) is 0.744. The second-order valence-electron chi connectivity index (χ2n) is 7.00. The van der Waals surface area contributed by atoms with E-state index in [0.717, 1.165) is 19.4 Å². The predicted molar refractivity (Wildman–Crippen MR) is 73.6 cm³/mol. The lowest BCUT2D eigenvalue weighted by Gasteiger charge is -2.40. The Kier molecular flexibility index (Phi) is 2.81. The minimum Gasteiger partial charge on any atom is -0.339 e. The van der Waals surface area contributed by atoms with Gasteiger partial charge < -0.3 is 15.5 Å². The molecule has 5 nitrogen and oxygen atoms in total. The fraction of sp³-hybridized carbons (Fsp3) is 0.867. The highest BCUT2D eigenvalue weighted by atomic mass is 16.2. The molecule has 2 heterocycles. The highest BCUT2D eigenvalue weighted by Crippen LogP contribution is 2.48. The molecule has 0 aromatic rings. The zero-order chi connectivity index (χ0) is 13.9. The summed E-state index contributed by atoms with van der Waals surface area (Å²) in [7, 11) is 0. The SMILES string of the molecule is NC1C2CCC(C2)C1C(=O)N1CCN2C(=O)CCC2C1. The number of nitrogens with two attached hydrogens (primary N) is 1. The highest BCUT2D eigenvalue weighted by Gasteiger charge is 2.51. The fourth-order valence-corrected chi connectivity index (χ4v) is 4.98. The van der Waals surface area contributed by atoms with Crippen molar-refractivity contribution in [2.75, 3.05) is 19.6 Å². The fourth-order valence-electron chi connectivity index (χ4n) is 4.98. The van der Waals surface area contributed by atoms with Gasteiger partial charge in [-0.3, -0.25) is 9.59 Å². The minimum absolute atomic E-state index is 0.0532. The molecule has 2 amide bonds. The molecular weight excluding hydrogens is 254 g/mol. The minimum atomic E-state index is 0.0532. The molecule has 4 fully saturated rings. The number of amides is 2. The van der Waals surface area contributed by atoms with E-state index in [1.807, 2.05) is 9.80 Å². The summed E-state index contributed by atoms with van der Waals surface area (Å²) in [6, 6.07) is 0.333. The average molecular weight is 277 g/mol. The molecule has 2 bridgehead atoms. The van der Waals surface area contributed by atoms with Crippen LogP contribution in [0, 0.1) is 17.8 Å². The first-order valence-corrected chi connectivity index (χ1v) is 7.99. The third-order valence-corrected chi connectivity index (χ3v) is 6.07. The largest absolute Gasteiger partial charge is 0.339 e. The molecule has 2 saturated carbocycles. The lowest BCUT2D eigenvalue weighted by molar-refractivity contribution is -0.143. The van der Waals surface area contributed by atoms with Gasteiger partial charge in [0, 0.05) is 38.1 Å². The number of carbonyl (C=O) groups excluding carboxylic acids is 2. The van der Waals surface area contributed by atoms with E-state index in [1.54, 1.807) is 0 Å². The molecule has 5 heteroatoms. The van der Waals surface area contributed by atoms with Crippen LogP contribution >= 0.6 is 0 Å². The van der Waals surface area contributed by atoms with Crippen LogP contribution in [0.15, 0.2) is 0 Å². The van der Waals surface area contributed by atoms with Gasteiger partial charge in [-0.25, -0.2) is 0 Å². The summed E-state index contributed by atoms with van der Waals surface area (Å²) in [5.41, 5.74) is 6.29. The third-order valence-electron chi connectivity index (χ3n) is 6.07. The molecule has 2 N–H and O–H groups in total. The Morgan fingerprint density at radius 1 is 1.15 bits per heavy atom. The molecule has 2 aliphatic heterocycles. The zero-order valence-electron chi connectivity index (χ0n) is 11.8. The van der Waals surface area contributed by atoms with Crippen LogP contribution in [0.1, 0.15) is 32.1 Å². The van der Waals surface area contributed by atoms with Crippen molar-refractivity contribution in [1.29, 1.82) is 0 Å². The standard InChI is InChI=1S/C15H23N3O2/c16-14-10-2-1-9(7-10)13(14)15(20)17-5-6-18-11(8-17)3-4-12(18)19/h9-11,13-14H,1-8,16H2. The number of piperazine rings is 1. The lowest BCUT2D eigenvalue weighted by Crippen LogP contribution is -2.56. The van der Waals surface area contributed by atoms with Crippen molar-refractivity contribution in [2.45, 2.75) is 44.2 Å². The van der Waals surface area contributed by atoms with Crippen molar-refractivity contribution >= 4 is 11.8 Å². The molecule has 5 unspecified atom stereocenters. The van der Waals surface area contributed by atoms with Gasteiger partial charge in [-0.1, -0.05) is 0 Å². The van der Waals surface area contributed by atoms with E-state index in [1.165, 1.54) is 12.8 Å². The van der Waals surface area contributed by atoms with Crippen molar-refractivity contribution in [3.05, 3.63) is 0 Å². The van der Waals surface area contributed by atoms with E-state index in [0.29, 0.717) is 31.3 Å². The van der Waals surface area contributed by atoms with Crippen LogP contribution in [0.3, 0.4) is 0 Å². The maximum Gasteiger partial charge on any atom is 0.227 e. The van der Waals surface area contributed by atoms with Crippen LogP contribution in [0.4, 0.5) is 0 Å². The van der Waals surface area contributed by atoms with E-state index < -0.39 is 0 Å². The first-order chi connectivity index (χ1) is 9.65. The summed E-state index contributed by atoms with van der Waals surface area (Å²) in [6.45, 7) is 2.14. The molecule has 2 saturated heterocycles. The van der Waals surface area contributed by atoms with Crippen LogP contribution in [-0.2, 0) is 9.59 Å². The molecule has 2 aliphatic carbocycles. The first-order valence-electron chi connectivity index (χ1n) is 7.99. The Labute approximate surface area is 119 Å². The van der Waals surface area contributed by atoms with Gasteiger partial charge in [-0.15, -0.1) is 0 Å². The van der Waals surface area contributed by atoms with Crippen LogP contribution < -0.4 is 5.73 Å². The summed E-state index contributed by atoms with van der Waals surface area (Å²) in [5.74, 6) is 1.67. The van der Waals surface area contributed by atoms with E-state index in [2.05, 4.69) is 0 Å². The Morgan fingerprint density at radius 3 is 2.70 bits per heavy atom. The second-order valence-corrected chi connectivity index (χ2v) is 7.00. The number of hydrogen-bond donors (Lipinski definition) is 1. The van der Waals surface area contributed by atoms with Gasteiger partial charge in [0.05, 0.1) is 5.92 Å². The molecule has 0 aromatic carbocycles. The van der Waals surface area contributed by atoms with Crippen molar-refractivity contribution in [1.82, 2.24) is 9.80 Å². The number of hydrogen-bond acceptors (Lipinski definition) is 3. The van der Waals surface area contributed by atoms with Crippen molar-refractivity contribution in [3.8, 4) is 0 Å². The lowest BCUT2D eigenvalue weighted by atomic mass is 9.83. The summed E-state index contributed by atoms with van der Waals surface area (Å²) >= 11 is 0. The van der Waals surface area contributed by atoms with Gasteiger partial charge in [0.1, 0.15) is 0 Å². The van der Waals surface area contributed by atoms with Gasteiger partial charge in [-0.05, 0) is 37.5 Å². The maximum atomic E-state index is 12.8. The van der Waals surface area contributed by atoms with Gasteiger partial charge in [0.15, 0.2) is 0 Å². The topological polar surface area (TPSA) is 66.6 Å². The van der Waals surface area contributed by atoms with Crippen LogP contribution in [0.25, 0.3) is 0 Å². The molecule has 0 aromatic heterocycles. The zero-order valence-corrected chi connectivity index (χ0v) is 11.8. The van der Waals surface area contributed by atoms with Gasteiger partial charge in [0.25, 0.3) is 0 Å². The van der Waals surface area contributed by atoms with Gasteiger partial charge >= 0.3 is 0 Å². The molecular formula is C15H23N3O2. The van der Waals surface area contributed by atoms with E-state index >= 15 is 0 Å². The Bertz CT molecular complexity index is 450. The maximum absolute atomic E-state index is 12.8. The summed E-state index contributed by atoms with van der Waals surface area (Å²) in [5, 5.41) is 0. The summed E-state index contributed by atoms with van der Waals surface area (Å²) < 4.78 is 0. The molecule has 20 heavy (non-hydrogen) atoms. The molecule has 0 spiro atoms. The van der Waals surface area contributed by atoms with Crippen LogP contribution in [0.5, 0.6) is 0 Å². The Morgan fingerprint density at radius 2 is 1.95 bits per heavy atom. The first kappa shape index (κ1) is 12.6. The normalized spacial score (nSPS) is 43.2. The second kappa shape index (κ2) is 4.45. The molecule has 5 atom stereocenters. The number of nitrogens with zero attached hydrogens (tertiary/aromatic N) is 2. The molecule has 110 valence electrons. The smallest absolute Gasteiger partial charge is 0.227 e. The number of carbonyl (C=O) groups is 2. The van der Waals surface area contributed by atoms with Crippen LogP contribution in [0.2, 0.25) is 0 Å². The van der Waals surface area contributed by atoms with E-state index in [9.17, 15) is 9.59 Å².